The third-order valence-electron chi connectivity index (χ3n) is 3.09. The van der Waals surface area contributed by atoms with Gasteiger partial charge < -0.3 is 9.84 Å². The lowest BCUT2D eigenvalue weighted by atomic mass is 10.0. The molecule has 1 aromatic heterocycles. The minimum absolute atomic E-state index is 0.0291. The van der Waals surface area contributed by atoms with Crippen LogP contribution >= 0.6 is 0 Å². The Morgan fingerprint density at radius 2 is 2.17 bits per heavy atom. The number of hydrogen-bond acceptors (Lipinski definition) is 3. The molecule has 0 radical (unpaired) electrons. The molecule has 92 valence electrons. The molecule has 0 fully saturated rings. The molecule has 1 atom stereocenters. The van der Waals surface area contributed by atoms with E-state index in [0.29, 0.717) is 17.9 Å². The van der Waals surface area contributed by atoms with E-state index >= 15 is 0 Å². The number of ether oxygens (including phenoxy) is 1. The Balaban J connectivity index is 2.06. The van der Waals surface area contributed by atoms with E-state index in [1.54, 1.807) is 6.07 Å². The molecule has 0 bridgehead atoms. The first kappa shape index (κ1) is 11.2. The second-order valence-electron chi connectivity index (χ2n) is 4.21. The second-order valence-corrected chi connectivity index (χ2v) is 4.21. The highest BCUT2D eigenvalue weighted by Gasteiger charge is 2.24. The predicted octanol–water partition coefficient (Wildman–Crippen LogP) is 2.24. The number of hydrogen-bond donors (Lipinski definition) is 1. The Bertz CT molecular complexity index is 586. The van der Waals surface area contributed by atoms with Crippen LogP contribution in [0, 0.1) is 5.82 Å². The SMILES string of the molecule is OC(c1cccc2c1OCC2)c1ncccc1F. The van der Waals surface area contributed by atoms with Crippen molar-refractivity contribution in [1.29, 1.82) is 0 Å². The van der Waals surface area contributed by atoms with Crippen molar-refractivity contribution in [3.63, 3.8) is 0 Å². The highest BCUT2D eigenvalue weighted by atomic mass is 19.1. The van der Waals surface area contributed by atoms with Gasteiger partial charge in [-0.05, 0) is 17.7 Å². The molecule has 0 saturated carbocycles. The Morgan fingerprint density at radius 1 is 1.28 bits per heavy atom. The summed E-state index contributed by atoms with van der Waals surface area (Å²) in [6.45, 7) is 0.601. The average molecular weight is 245 g/mol. The van der Waals surface area contributed by atoms with E-state index < -0.39 is 11.9 Å². The molecule has 2 aromatic rings. The molecule has 1 aliphatic heterocycles. The van der Waals surface area contributed by atoms with Crippen molar-refractivity contribution in [1.82, 2.24) is 4.98 Å². The molecule has 3 nitrogen and oxygen atoms in total. The van der Waals surface area contributed by atoms with Gasteiger partial charge in [-0.3, -0.25) is 4.98 Å². The molecule has 0 aliphatic carbocycles. The lowest BCUT2D eigenvalue weighted by Gasteiger charge is -2.14. The number of rotatable bonds is 2. The molecule has 3 rings (SSSR count). The Labute approximate surface area is 104 Å². The first-order valence-electron chi connectivity index (χ1n) is 5.80. The summed E-state index contributed by atoms with van der Waals surface area (Å²) in [5, 5.41) is 10.3. The van der Waals surface area contributed by atoms with E-state index in [0.717, 1.165) is 12.0 Å². The number of aromatic nitrogens is 1. The maximum absolute atomic E-state index is 13.6. The van der Waals surface area contributed by atoms with Crippen LogP contribution in [0.25, 0.3) is 0 Å². The van der Waals surface area contributed by atoms with E-state index in [2.05, 4.69) is 4.98 Å². The van der Waals surface area contributed by atoms with Crippen LogP contribution in [0.5, 0.6) is 5.75 Å². The lowest BCUT2D eigenvalue weighted by Crippen LogP contribution is -2.06. The molecule has 1 aliphatic rings. The van der Waals surface area contributed by atoms with Crippen LogP contribution in [-0.2, 0) is 6.42 Å². The van der Waals surface area contributed by atoms with Gasteiger partial charge in [0.15, 0.2) is 0 Å². The maximum atomic E-state index is 13.6. The largest absolute Gasteiger partial charge is 0.493 e. The van der Waals surface area contributed by atoms with Crippen molar-refractivity contribution in [2.75, 3.05) is 6.61 Å². The van der Waals surface area contributed by atoms with E-state index in [-0.39, 0.29) is 5.69 Å². The van der Waals surface area contributed by atoms with Crippen LogP contribution in [0.1, 0.15) is 22.9 Å². The number of fused-ring (bicyclic) bond motifs is 1. The fraction of sp³-hybridized carbons (Fsp3) is 0.214. The third kappa shape index (κ3) is 1.75. The van der Waals surface area contributed by atoms with Crippen molar-refractivity contribution >= 4 is 0 Å². The van der Waals surface area contributed by atoms with Gasteiger partial charge >= 0.3 is 0 Å². The number of para-hydroxylation sites is 1. The summed E-state index contributed by atoms with van der Waals surface area (Å²) >= 11 is 0. The van der Waals surface area contributed by atoms with Gasteiger partial charge in [0.25, 0.3) is 0 Å². The van der Waals surface area contributed by atoms with Crippen LogP contribution in [-0.4, -0.2) is 16.7 Å². The van der Waals surface area contributed by atoms with Gasteiger partial charge in [-0.2, -0.15) is 0 Å². The Hall–Kier alpha value is -1.94. The molecule has 1 aromatic carbocycles. The minimum atomic E-state index is -1.10. The molecule has 4 heteroatoms. The van der Waals surface area contributed by atoms with Crippen molar-refractivity contribution in [2.24, 2.45) is 0 Å². The number of halogens is 1. The topological polar surface area (TPSA) is 42.4 Å². The summed E-state index contributed by atoms with van der Waals surface area (Å²) in [6, 6.07) is 8.32. The van der Waals surface area contributed by atoms with Gasteiger partial charge in [0.2, 0.25) is 0 Å². The van der Waals surface area contributed by atoms with Crippen LogP contribution in [0.3, 0.4) is 0 Å². The minimum Gasteiger partial charge on any atom is -0.493 e. The zero-order valence-corrected chi connectivity index (χ0v) is 9.64. The van der Waals surface area contributed by atoms with Gasteiger partial charge in [0.1, 0.15) is 23.4 Å². The second kappa shape index (κ2) is 4.38. The molecule has 0 amide bonds. The van der Waals surface area contributed by atoms with E-state index in [1.807, 2.05) is 12.1 Å². The quantitative estimate of drug-likeness (QED) is 0.882. The standard InChI is InChI=1S/C14H12FNO2/c15-11-5-2-7-16-12(11)13(17)10-4-1-3-9-6-8-18-14(9)10/h1-5,7,13,17H,6,8H2. The number of nitrogens with zero attached hydrogens (tertiary/aromatic N) is 1. The molecule has 18 heavy (non-hydrogen) atoms. The fourth-order valence-corrected chi connectivity index (χ4v) is 2.20. The van der Waals surface area contributed by atoms with Crippen molar-refractivity contribution < 1.29 is 14.2 Å². The van der Waals surface area contributed by atoms with Crippen LogP contribution in [0.2, 0.25) is 0 Å². The molecule has 2 heterocycles. The fourth-order valence-electron chi connectivity index (χ4n) is 2.20. The maximum Gasteiger partial charge on any atom is 0.147 e. The first-order valence-corrected chi connectivity index (χ1v) is 5.80. The highest BCUT2D eigenvalue weighted by Crippen LogP contribution is 2.35. The van der Waals surface area contributed by atoms with Crippen molar-refractivity contribution in [2.45, 2.75) is 12.5 Å². The molecular weight excluding hydrogens is 233 g/mol. The molecule has 1 unspecified atom stereocenters. The monoisotopic (exact) mass is 245 g/mol. The Kier molecular flexibility index (Phi) is 2.72. The number of pyridine rings is 1. The number of aliphatic hydroxyl groups excluding tert-OH is 1. The van der Waals surface area contributed by atoms with E-state index in [1.165, 1.54) is 18.3 Å². The van der Waals surface area contributed by atoms with Crippen LogP contribution in [0.15, 0.2) is 36.5 Å². The normalized spacial score (nSPS) is 15.0. The van der Waals surface area contributed by atoms with E-state index in [4.69, 9.17) is 4.74 Å². The zero-order valence-electron chi connectivity index (χ0n) is 9.64. The van der Waals surface area contributed by atoms with Crippen molar-refractivity contribution in [3.8, 4) is 5.75 Å². The highest BCUT2D eigenvalue weighted by molar-refractivity contribution is 5.47. The molecule has 1 N–H and O–H groups in total. The Morgan fingerprint density at radius 3 is 3.00 bits per heavy atom. The third-order valence-corrected chi connectivity index (χ3v) is 3.09. The summed E-state index contributed by atoms with van der Waals surface area (Å²) < 4.78 is 19.1. The summed E-state index contributed by atoms with van der Waals surface area (Å²) in [5.74, 6) is 0.149. The van der Waals surface area contributed by atoms with Crippen LogP contribution < -0.4 is 4.74 Å². The van der Waals surface area contributed by atoms with Gasteiger partial charge in [-0.25, -0.2) is 4.39 Å². The van der Waals surface area contributed by atoms with Crippen LogP contribution in [0.4, 0.5) is 4.39 Å². The lowest BCUT2D eigenvalue weighted by molar-refractivity contribution is 0.203. The molecule has 0 spiro atoms. The summed E-state index contributed by atoms with van der Waals surface area (Å²) in [4.78, 5) is 3.90. The summed E-state index contributed by atoms with van der Waals surface area (Å²) in [7, 11) is 0. The van der Waals surface area contributed by atoms with Gasteiger partial charge in [-0.1, -0.05) is 18.2 Å². The van der Waals surface area contributed by atoms with Gasteiger partial charge in [0.05, 0.1) is 6.61 Å². The summed E-state index contributed by atoms with van der Waals surface area (Å²) in [5.41, 5.74) is 1.65. The van der Waals surface area contributed by atoms with E-state index in [9.17, 15) is 9.50 Å². The molecule has 0 saturated heterocycles. The number of benzene rings is 1. The predicted molar refractivity (Wildman–Crippen MR) is 63.9 cm³/mol. The number of aliphatic hydroxyl groups is 1. The molecular formula is C14H12FNO2. The van der Waals surface area contributed by atoms with Gasteiger partial charge in [0, 0.05) is 18.2 Å². The average Bonchev–Trinajstić information content (AvgIpc) is 2.86. The summed E-state index contributed by atoms with van der Waals surface area (Å²) in [6.07, 6.45) is 1.19. The van der Waals surface area contributed by atoms with Gasteiger partial charge in [-0.15, -0.1) is 0 Å². The van der Waals surface area contributed by atoms with Crippen molar-refractivity contribution in [3.05, 3.63) is 59.2 Å². The smallest absolute Gasteiger partial charge is 0.147 e. The zero-order chi connectivity index (χ0) is 12.5. The first-order chi connectivity index (χ1) is 8.77.